The van der Waals surface area contributed by atoms with Crippen LogP contribution in [-0.4, -0.2) is 11.1 Å². The number of hydrogen-bond acceptors (Lipinski definition) is 2. The summed E-state index contributed by atoms with van der Waals surface area (Å²) in [6.07, 6.45) is 0. The SMILES string of the molecule is Cc1ccc(C(=O)O)c(Oc2cc(F)cc(Br)c2)c1. The number of ether oxygens (including phenoxy) is 1. The molecular formula is C14H10BrFO3. The Morgan fingerprint density at radius 1 is 1.26 bits per heavy atom. The topological polar surface area (TPSA) is 46.5 Å². The maximum atomic E-state index is 13.2. The summed E-state index contributed by atoms with van der Waals surface area (Å²) in [5.74, 6) is -1.13. The standard InChI is InChI=1S/C14H10BrFO3/c1-8-2-3-12(14(17)18)13(4-8)19-11-6-9(15)5-10(16)7-11/h2-7H,1H3,(H,17,18). The Kier molecular flexibility index (Phi) is 3.85. The highest BCUT2D eigenvalue weighted by Gasteiger charge is 2.12. The van der Waals surface area contributed by atoms with Gasteiger partial charge in [-0.3, -0.25) is 0 Å². The molecule has 2 aromatic rings. The highest BCUT2D eigenvalue weighted by atomic mass is 79.9. The van der Waals surface area contributed by atoms with Crippen LogP contribution >= 0.6 is 15.9 Å². The summed E-state index contributed by atoms with van der Waals surface area (Å²) in [7, 11) is 0. The molecule has 0 bridgehead atoms. The lowest BCUT2D eigenvalue weighted by molar-refractivity contribution is 0.0694. The summed E-state index contributed by atoms with van der Waals surface area (Å²) in [5.41, 5.74) is 0.890. The van der Waals surface area contributed by atoms with E-state index in [0.29, 0.717) is 4.47 Å². The summed E-state index contributed by atoms with van der Waals surface area (Å²) >= 11 is 3.15. The molecule has 3 nitrogen and oxygen atoms in total. The average molecular weight is 325 g/mol. The molecule has 0 aliphatic carbocycles. The van der Waals surface area contributed by atoms with E-state index in [1.54, 1.807) is 18.2 Å². The van der Waals surface area contributed by atoms with Gasteiger partial charge < -0.3 is 9.84 Å². The number of carboxylic acid groups (broad SMARTS) is 1. The second-order valence-corrected chi connectivity index (χ2v) is 4.93. The number of benzene rings is 2. The van der Waals surface area contributed by atoms with Crippen molar-refractivity contribution in [2.75, 3.05) is 0 Å². The predicted molar refractivity (Wildman–Crippen MR) is 72.3 cm³/mol. The van der Waals surface area contributed by atoms with Gasteiger partial charge in [-0.25, -0.2) is 9.18 Å². The molecule has 0 radical (unpaired) electrons. The van der Waals surface area contributed by atoms with E-state index in [2.05, 4.69) is 15.9 Å². The summed E-state index contributed by atoms with van der Waals surface area (Å²) < 4.78 is 19.2. The van der Waals surface area contributed by atoms with Crippen LogP contribution in [0.15, 0.2) is 40.9 Å². The Morgan fingerprint density at radius 2 is 2.00 bits per heavy atom. The van der Waals surface area contributed by atoms with Crippen molar-refractivity contribution < 1.29 is 19.0 Å². The number of hydrogen-bond donors (Lipinski definition) is 1. The molecule has 19 heavy (non-hydrogen) atoms. The second kappa shape index (κ2) is 5.40. The van der Waals surface area contributed by atoms with E-state index in [9.17, 15) is 9.18 Å². The van der Waals surface area contributed by atoms with Crippen LogP contribution in [0, 0.1) is 12.7 Å². The Hall–Kier alpha value is -1.88. The number of aryl methyl sites for hydroxylation is 1. The lowest BCUT2D eigenvalue weighted by Crippen LogP contribution is -2.00. The molecule has 2 aromatic carbocycles. The van der Waals surface area contributed by atoms with E-state index in [-0.39, 0.29) is 17.1 Å². The fraction of sp³-hybridized carbons (Fsp3) is 0.0714. The molecule has 0 aliphatic rings. The fourth-order valence-electron chi connectivity index (χ4n) is 1.61. The third kappa shape index (κ3) is 3.32. The molecule has 2 rings (SSSR count). The summed E-state index contributed by atoms with van der Waals surface area (Å²) in [5, 5.41) is 9.08. The summed E-state index contributed by atoms with van der Waals surface area (Å²) in [4.78, 5) is 11.1. The highest BCUT2D eigenvalue weighted by Crippen LogP contribution is 2.29. The number of rotatable bonds is 3. The maximum Gasteiger partial charge on any atom is 0.339 e. The number of aromatic carboxylic acids is 1. The van der Waals surface area contributed by atoms with Crippen LogP contribution in [-0.2, 0) is 0 Å². The second-order valence-electron chi connectivity index (χ2n) is 4.01. The van der Waals surface area contributed by atoms with Gasteiger partial charge in [0.15, 0.2) is 0 Å². The molecular weight excluding hydrogens is 315 g/mol. The van der Waals surface area contributed by atoms with Gasteiger partial charge in [0.05, 0.1) is 0 Å². The first-order valence-electron chi connectivity index (χ1n) is 5.43. The molecule has 0 heterocycles. The first kappa shape index (κ1) is 13.5. The van der Waals surface area contributed by atoms with Crippen molar-refractivity contribution in [3.8, 4) is 11.5 Å². The monoisotopic (exact) mass is 324 g/mol. The molecule has 0 saturated heterocycles. The molecule has 0 aromatic heterocycles. The lowest BCUT2D eigenvalue weighted by atomic mass is 10.1. The molecule has 0 amide bonds. The number of halogens is 2. The van der Waals surface area contributed by atoms with Gasteiger partial charge in [-0.1, -0.05) is 22.0 Å². The summed E-state index contributed by atoms with van der Waals surface area (Å²) in [6.45, 7) is 1.82. The molecule has 98 valence electrons. The van der Waals surface area contributed by atoms with Crippen molar-refractivity contribution >= 4 is 21.9 Å². The Labute approximate surface area is 117 Å². The zero-order valence-electron chi connectivity index (χ0n) is 9.98. The minimum absolute atomic E-state index is 0.0333. The smallest absolute Gasteiger partial charge is 0.339 e. The van der Waals surface area contributed by atoms with Gasteiger partial charge in [0.1, 0.15) is 22.9 Å². The van der Waals surface area contributed by atoms with Gasteiger partial charge in [0.2, 0.25) is 0 Å². The van der Waals surface area contributed by atoms with E-state index in [0.717, 1.165) is 5.56 Å². The first-order valence-corrected chi connectivity index (χ1v) is 6.23. The zero-order valence-corrected chi connectivity index (χ0v) is 11.6. The van der Waals surface area contributed by atoms with E-state index < -0.39 is 11.8 Å². The largest absolute Gasteiger partial charge is 0.478 e. The van der Waals surface area contributed by atoms with E-state index in [4.69, 9.17) is 9.84 Å². The van der Waals surface area contributed by atoms with Crippen molar-refractivity contribution in [3.05, 3.63) is 57.8 Å². The van der Waals surface area contributed by atoms with Gasteiger partial charge in [-0.05, 0) is 36.8 Å². The van der Waals surface area contributed by atoms with Crippen molar-refractivity contribution in [2.45, 2.75) is 6.92 Å². The third-order valence-electron chi connectivity index (χ3n) is 2.43. The minimum atomic E-state index is -1.09. The van der Waals surface area contributed by atoms with E-state index >= 15 is 0 Å². The van der Waals surface area contributed by atoms with Gasteiger partial charge in [0, 0.05) is 10.5 Å². The van der Waals surface area contributed by atoms with E-state index in [1.165, 1.54) is 18.2 Å². The van der Waals surface area contributed by atoms with Crippen LogP contribution in [0.25, 0.3) is 0 Å². The zero-order chi connectivity index (χ0) is 14.0. The van der Waals surface area contributed by atoms with Gasteiger partial charge >= 0.3 is 5.97 Å². The molecule has 0 spiro atoms. The molecule has 0 atom stereocenters. The number of carbonyl (C=O) groups is 1. The summed E-state index contributed by atoms with van der Waals surface area (Å²) in [6, 6.07) is 8.79. The first-order chi connectivity index (χ1) is 8.95. The van der Waals surface area contributed by atoms with Crippen LogP contribution in [0.4, 0.5) is 4.39 Å². The van der Waals surface area contributed by atoms with Gasteiger partial charge in [-0.15, -0.1) is 0 Å². The van der Waals surface area contributed by atoms with Crippen molar-refractivity contribution in [1.29, 1.82) is 0 Å². The molecule has 1 N–H and O–H groups in total. The lowest BCUT2D eigenvalue weighted by Gasteiger charge is -2.10. The third-order valence-corrected chi connectivity index (χ3v) is 2.89. The Bertz CT molecular complexity index is 620. The van der Waals surface area contributed by atoms with Crippen molar-refractivity contribution in [3.63, 3.8) is 0 Å². The average Bonchev–Trinajstić information content (AvgIpc) is 2.26. The van der Waals surface area contributed by atoms with Crippen LogP contribution in [0.5, 0.6) is 11.5 Å². The van der Waals surface area contributed by atoms with Crippen molar-refractivity contribution in [1.82, 2.24) is 0 Å². The van der Waals surface area contributed by atoms with Crippen LogP contribution < -0.4 is 4.74 Å². The molecule has 0 unspecified atom stereocenters. The number of carboxylic acids is 1. The van der Waals surface area contributed by atoms with Crippen LogP contribution in [0.3, 0.4) is 0 Å². The van der Waals surface area contributed by atoms with Gasteiger partial charge in [-0.2, -0.15) is 0 Å². The fourth-order valence-corrected chi connectivity index (χ4v) is 2.05. The normalized spacial score (nSPS) is 10.3. The van der Waals surface area contributed by atoms with Crippen LogP contribution in [0.1, 0.15) is 15.9 Å². The molecule has 0 aliphatic heterocycles. The minimum Gasteiger partial charge on any atom is -0.478 e. The molecule has 0 fully saturated rings. The predicted octanol–water partition coefficient (Wildman–Crippen LogP) is 4.39. The van der Waals surface area contributed by atoms with Gasteiger partial charge in [0.25, 0.3) is 0 Å². The molecule has 5 heteroatoms. The van der Waals surface area contributed by atoms with Crippen LogP contribution in [0.2, 0.25) is 0 Å². The van der Waals surface area contributed by atoms with E-state index in [1.807, 2.05) is 6.92 Å². The Balaban J connectivity index is 2.42. The van der Waals surface area contributed by atoms with Crippen molar-refractivity contribution in [2.24, 2.45) is 0 Å². The Morgan fingerprint density at radius 3 is 2.63 bits per heavy atom. The quantitative estimate of drug-likeness (QED) is 0.910. The maximum absolute atomic E-state index is 13.2. The highest BCUT2D eigenvalue weighted by molar-refractivity contribution is 9.10. The molecule has 0 saturated carbocycles.